The van der Waals surface area contributed by atoms with E-state index in [0.717, 1.165) is 0 Å². The fourth-order valence-electron chi connectivity index (χ4n) is 3.65. The van der Waals surface area contributed by atoms with Crippen molar-refractivity contribution in [3.63, 3.8) is 0 Å². The average Bonchev–Trinajstić information content (AvgIpc) is 2.66. The summed E-state index contributed by atoms with van der Waals surface area (Å²) < 4.78 is 0. The third-order valence-electron chi connectivity index (χ3n) is 4.82. The van der Waals surface area contributed by atoms with Crippen LogP contribution in [0.1, 0.15) is 11.1 Å². The van der Waals surface area contributed by atoms with Crippen molar-refractivity contribution in [3.05, 3.63) is 96.1 Å². The van der Waals surface area contributed by atoms with Crippen LogP contribution in [0, 0.1) is 0 Å². The molecule has 112 valence electrons. The Morgan fingerprint density at radius 2 is 1.12 bits per heavy atom. The zero-order valence-corrected chi connectivity index (χ0v) is 13.2. The van der Waals surface area contributed by atoms with E-state index in [0.29, 0.717) is 0 Å². The molecule has 0 saturated carbocycles. The van der Waals surface area contributed by atoms with Crippen LogP contribution in [0.4, 0.5) is 0 Å². The molecule has 0 amide bonds. The first kappa shape index (κ1) is 13.3. The van der Waals surface area contributed by atoms with Gasteiger partial charge in [0.05, 0.1) is 0 Å². The maximum atomic E-state index is 2.26. The molecular weight excluding hydrogens is 288 g/mol. The molecule has 0 fully saturated rings. The largest absolute Gasteiger partial charge is 0.0622 e. The standard InChI is InChI=1S/C24H16/c1-2-5-17(6-3-1)9-10-18-11-12-21-14-13-19-7-4-8-20-15-16-22(18)24(21)23(19)20/h1-16H/b10-9-. The molecule has 0 aliphatic carbocycles. The minimum absolute atomic E-state index is 1.23. The molecule has 0 atom stereocenters. The fraction of sp³-hybridized carbons (Fsp3) is 0. The van der Waals surface area contributed by atoms with E-state index < -0.39 is 0 Å². The van der Waals surface area contributed by atoms with E-state index in [1.54, 1.807) is 0 Å². The van der Waals surface area contributed by atoms with Crippen molar-refractivity contribution in [2.75, 3.05) is 0 Å². The lowest BCUT2D eigenvalue weighted by Gasteiger charge is -2.12. The second kappa shape index (κ2) is 5.21. The highest BCUT2D eigenvalue weighted by Crippen LogP contribution is 2.36. The van der Waals surface area contributed by atoms with Gasteiger partial charge in [0.1, 0.15) is 0 Å². The Morgan fingerprint density at radius 3 is 1.92 bits per heavy atom. The van der Waals surface area contributed by atoms with E-state index >= 15 is 0 Å². The Labute approximate surface area is 141 Å². The molecule has 5 aromatic carbocycles. The van der Waals surface area contributed by atoms with Crippen molar-refractivity contribution in [3.8, 4) is 0 Å². The van der Waals surface area contributed by atoms with Crippen LogP contribution in [-0.4, -0.2) is 0 Å². The van der Waals surface area contributed by atoms with Crippen molar-refractivity contribution in [2.45, 2.75) is 0 Å². The third kappa shape index (κ3) is 2.00. The van der Waals surface area contributed by atoms with Crippen LogP contribution in [0.3, 0.4) is 0 Å². The second-order valence-electron chi connectivity index (χ2n) is 6.25. The van der Waals surface area contributed by atoms with Gasteiger partial charge in [0.2, 0.25) is 0 Å². The Hall–Kier alpha value is -3.12. The van der Waals surface area contributed by atoms with Crippen molar-refractivity contribution in [2.24, 2.45) is 0 Å². The van der Waals surface area contributed by atoms with Crippen LogP contribution >= 0.6 is 0 Å². The topological polar surface area (TPSA) is 0 Å². The number of benzene rings is 5. The van der Waals surface area contributed by atoms with Gasteiger partial charge < -0.3 is 0 Å². The van der Waals surface area contributed by atoms with Crippen LogP contribution in [0.25, 0.3) is 44.5 Å². The van der Waals surface area contributed by atoms with Gasteiger partial charge in [-0.3, -0.25) is 0 Å². The smallest absolute Gasteiger partial charge is 0.00208 e. The van der Waals surface area contributed by atoms with Gasteiger partial charge in [-0.15, -0.1) is 0 Å². The molecule has 24 heavy (non-hydrogen) atoms. The monoisotopic (exact) mass is 304 g/mol. The molecular formula is C24H16. The molecule has 5 aromatic rings. The molecule has 0 N–H and O–H groups in total. The van der Waals surface area contributed by atoms with Gasteiger partial charge in [0, 0.05) is 0 Å². The lowest BCUT2D eigenvalue weighted by molar-refractivity contribution is 1.66. The Balaban J connectivity index is 1.80. The highest BCUT2D eigenvalue weighted by atomic mass is 14.1. The molecule has 0 saturated heterocycles. The van der Waals surface area contributed by atoms with E-state index in [1.807, 2.05) is 6.07 Å². The molecule has 0 heterocycles. The molecule has 0 aromatic heterocycles. The molecule has 0 aliphatic heterocycles. The number of rotatable bonds is 2. The van der Waals surface area contributed by atoms with Crippen LogP contribution in [0.5, 0.6) is 0 Å². The quantitative estimate of drug-likeness (QED) is 0.250. The van der Waals surface area contributed by atoms with Crippen LogP contribution < -0.4 is 0 Å². The van der Waals surface area contributed by atoms with E-state index in [1.165, 1.54) is 43.4 Å². The highest BCUT2D eigenvalue weighted by Gasteiger charge is 2.09. The van der Waals surface area contributed by atoms with Crippen LogP contribution in [0.2, 0.25) is 0 Å². The maximum Gasteiger partial charge on any atom is -0.00208 e. The van der Waals surface area contributed by atoms with Gasteiger partial charge in [-0.05, 0) is 43.4 Å². The molecule has 5 rings (SSSR count). The zero-order valence-electron chi connectivity index (χ0n) is 13.2. The summed E-state index contributed by atoms with van der Waals surface area (Å²) in [6, 6.07) is 30.4. The summed E-state index contributed by atoms with van der Waals surface area (Å²) in [5, 5.41) is 8.02. The Bertz CT molecular complexity index is 1160. The lowest BCUT2D eigenvalue weighted by Crippen LogP contribution is -1.85. The van der Waals surface area contributed by atoms with E-state index in [-0.39, 0.29) is 0 Å². The predicted octanol–water partition coefficient (Wildman–Crippen LogP) is 6.75. The summed E-state index contributed by atoms with van der Waals surface area (Å²) in [5.74, 6) is 0. The second-order valence-corrected chi connectivity index (χ2v) is 6.25. The molecule has 0 radical (unpaired) electrons. The normalized spacial score (nSPS) is 12.0. The fourth-order valence-corrected chi connectivity index (χ4v) is 3.65. The van der Waals surface area contributed by atoms with Crippen LogP contribution in [0.15, 0.2) is 84.9 Å². The minimum atomic E-state index is 1.23. The van der Waals surface area contributed by atoms with E-state index in [2.05, 4.69) is 91.0 Å². The summed E-state index contributed by atoms with van der Waals surface area (Å²) in [6.45, 7) is 0. The molecule has 0 bridgehead atoms. The van der Waals surface area contributed by atoms with E-state index in [9.17, 15) is 0 Å². The minimum Gasteiger partial charge on any atom is -0.0622 e. The first-order valence-corrected chi connectivity index (χ1v) is 8.30. The molecule has 0 unspecified atom stereocenters. The van der Waals surface area contributed by atoms with Crippen molar-refractivity contribution in [1.29, 1.82) is 0 Å². The summed E-state index contributed by atoms with van der Waals surface area (Å²) in [5.41, 5.74) is 2.49. The summed E-state index contributed by atoms with van der Waals surface area (Å²) in [4.78, 5) is 0. The SMILES string of the molecule is C(=C/c1ccc2ccc3cccc4ccc1c2c34)/c1ccccc1. The number of hydrogen-bond acceptors (Lipinski definition) is 0. The van der Waals surface area contributed by atoms with Crippen molar-refractivity contribution in [1.82, 2.24) is 0 Å². The Kier molecular flexibility index (Phi) is 2.89. The molecule has 0 heteroatoms. The number of hydrogen-bond donors (Lipinski definition) is 0. The van der Waals surface area contributed by atoms with Gasteiger partial charge >= 0.3 is 0 Å². The van der Waals surface area contributed by atoms with Crippen molar-refractivity contribution >= 4 is 44.5 Å². The maximum absolute atomic E-state index is 2.26. The molecule has 0 spiro atoms. The van der Waals surface area contributed by atoms with Gasteiger partial charge in [-0.25, -0.2) is 0 Å². The summed E-state index contributed by atoms with van der Waals surface area (Å²) >= 11 is 0. The van der Waals surface area contributed by atoms with Gasteiger partial charge in [0.25, 0.3) is 0 Å². The predicted molar refractivity (Wildman–Crippen MR) is 106 cm³/mol. The first-order chi connectivity index (χ1) is 11.9. The molecule has 0 nitrogen and oxygen atoms in total. The lowest BCUT2D eigenvalue weighted by atomic mass is 9.92. The average molecular weight is 304 g/mol. The first-order valence-electron chi connectivity index (χ1n) is 8.30. The summed E-state index contributed by atoms with van der Waals surface area (Å²) in [6.07, 6.45) is 4.41. The van der Waals surface area contributed by atoms with Gasteiger partial charge in [-0.1, -0.05) is 97.1 Å². The summed E-state index contributed by atoms with van der Waals surface area (Å²) in [7, 11) is 0. The zero-order chi connectivity index (χ0) is 15.9. The van der Waals surface area contributed by atoms with Gasteiger partial charge in [-0.2, -0.15) is 0 Å². The van der Waals surface area contributed by atoms with Gasteiger partial charge in [0.15, 0.2) is 0 Å². The van der Waals surface area contributed by atoms with Crippen LogP contribution in [-0.2, 0) is 0 Å². The third-order valence-corrected chi connectivity index (χ3v) is 4.82. The Morgan fingerprint density at radius 1 is 0.458 bits per heavy atom. The van der Waals surface area contributed by atoms with Crippen molar-refractivity contribution < 1.29 is 0 Å². The van der Waals surface area contributed by atoms with E-state index in [4.69, 9.17) is 0 Å². The molecule has 0 aliphatic rings. The highest BCUT2D eigenvalue weighted by molar-refractivity contribution is 6.24.